The molecule has 1 heterocycles. The lowest BCUT2D eigenvalue weighted by atomic mass is 9.92. The van der Waals surface area contributed by atoms with Crippen molar-refractivity contribution in [3.05, 3.63) is 34.1 Å². The molecule has 1 aliphatic heterocycles. The highest BCUT2D eigenvalue weighted by atomic mass is 79.9. The summed E-state index contributed by atoms with van der Waals surface area (Å²) in [5.41, 5.74) is 6.85. The largest absolute Gasteiger partial charge is 0.329 e. The minimum atomic E-state index is -0.192. The van der Waals surface area contributed by atoms with Crippen LogP contribution in [0.4, 0.5) is 4.39 Å². The van der Waals surface area contributed by atoms with Crippen LogP contribution in [-0.4, -0.2) is 24.0 Å². The molecule has 0 spiro atoms. The van der Waals surface area contributed by atoms with Crippen LogP contribution >= 0.6 is 15.9 Å². The molecule has 2 unspecified atom stereocenters. The van der Waals surface area contributed by atoms with Crippen molar-refractivity contribution >= 4 is 15.9 Å². The third kappa shape index (κ3) is 3.11. The van der Waals surface area contributed by atoms with Crippen molar-refractivity contribution < 1.29 is 4.39 Å². The number of nitrogens with zero attached hydrogens (tertiary/aromatic N) is 1. The Hall–Kier alpha value is -0.450. The summed E-state index contributed by atoms with van der Waals surface area (Å²) in [5.74, 6) is 0.549. The Morgan fingerprint density at radius 2 is 2.28 bits per heavy atom. The number of nitrogens with two attached hydrogens (primary N) is 1. The third-order valence-electron chi connectivity index (χ3n) is 3.78. The number of halogens is 2. The molecule has 2 N–H and O–H groups in total. The van der Waals surface area contributed by atoms with Crippen molar-refractivity contribution in [3.63, 3.8) is 0 Å². The van der Waals surface area contributed by atoms with E-state index in [4.69, 9.17) is 5.73 Å². The number of hydrogen-bond donors (Lipinski definition) is 1. The van der Waals surface area contributed by atoms with E-state index in [9.17, 15) is 4.39 Å². The van der Waals surface area contributed by atoms with Crippen molar-refractivity contribution in [1.29, 1.82) is 0 Å². The molecule has 2 rings (SSSR count). The fraction of sp³-hybridized carbons (Fsp3) is 0.571. The van der Waals surface area contributed by atoms with Crippen LogP contribution in [0, 0.1) is 11.7 Å². The zero-order valence-electron chi connectivity index (χ0n) is 10.7. The first-order chi connectivity index (χ1) is 8.61. The molecule has 4 heteroatoms. The maximum atomic E-state index is 13.5. The van der Waals surface area contributed by atoms with Crippen LogP contribution in [0.2, 0.25) is 0 Å². The Morgan fingerprint density at radius 1 is 1.50 bits per heavy atom. The van der Waals surface area contributed by atoms with Crippen molar-refractivity contribution in [2.45, 2.75) is 32.4 Å². The first-order valence-electron chi connectivity index (χ1n) is 6.48. The van der Waals surface area contributed by atoms with Gasteiger partial charge in [-0.05, 0) is 52.9 Å². The molecule has 0 saturated carbocycles. The van der Waals surface area contributed by atoms with E-state index in [0.717, 1.165) is 31.0 Å². The Bertz CT molecular complexity index is 411. The van der Waals surface area contributed by atoms with Crippen LogP contribution in [-0.2, 0) is 6.54 Å². The van der Waals surface area contributed by atoms with E-state index < -0.39 is 0 Å². The third-order valence-corrected chi connectivity index (χ3v) is 4.67. The van der Waals surface area contributed by atoms with Gasteiger partial charge in [-0.2, -0.15) is 0 Å². The van der Waals surface area contributed by atoms with Gasteiger partial charge in [0.05, 0.1) is 4.47 Å². The van der Waals surface area contributed by atoms with Crippen LogP contribution < -0.4 is 5.73 Å². The van der Waals surface area contributed by atoms with Crippen LogP contribution in [0.15, 0.2) is 22.7 Å². The summed E-state index contributed by atoms with van der Waals surface area (Å²) in [6.45, 7) is 4.77. The van der Waals surface area contributed by atoms with Gasteiger partial charge in [0.1, 0.15) is 5.82 Å². The second-order valence-electron chi connectivity index (χ2n) is 5.20. The number of hydrogen-bond acceptors (Lipinski definition) is 2. The molecule has 2 nitrogen and oxygen atoms in total. The summed E-state index contributed by atoms with van der Waals surface area (Å²) in [5, 5.41) is 0. The summed E-state index contributed by atoms with van der Waals surface area (Å²) >= 11 is 3.33. The Morgan fingerprint density at radius 3 is 3.00 bits per heavy atom. The fourth-order valence-corrected chi connectivity index (χ4v) is 3.03. The Labute approximate surface area is 116 Å². The van der Waals surface area contributed by atoms with Crippen LogP contribution in [0.1, 0.15) is 25.3 Å². The first-order valence-corrected chi connectivity index (χ1v) is 7.28. The lowest BCUT2D eigenvalue weighted by molar-refractivity contribution is 0.115. The van der Waals surface area contributed by atoms with E-state index in [1.165, 1.54) is 12.5 Å². The normalized spacial score (nSPS) is 25.3. The fourth-order valence-electron chi connectivity index (χ4n) is 2.64. The highest BCUT2D eigenvalue weighted by Crippen LogP contribution is 2.27. The maximum Gasteiger partial charge on any atom is 0.137 e. The minimum Gasteiger partial charge on any atom is -0.329 e. The predicted molar refractivity (Wildman–Crippen MR) is 75.8 cm³/mol. The smallest absolute Gasteiger partial charge is 0.137 e. The van der Waals surface area contributed by atoms with Crippen LogP contribution in [0.25, 0.3) is 0 Å². The molecule has 1 aliphatic rings. The topological polar surface area (TPSA) is 29.3 Å². The molecule has 0 radical (unpaired) electrons. The van der Waals surface area contributed by atoms with E-state index in [1.54, 1.807) is 6.07 Å². The Kier molecular flexibility index (Phi) is 4.76. The molecule has 0 aromatic heterocycles. The molecule has 0 aliphatic carbocycles. The average Bonchev–Trinajstić information content (AvgIpc) is 2.37. The van der Waals surface area contributed by atoms with Gasteiger partial charge in [0, 0.05) is 19.1 Å². The minimum absolute atomic E-state index is 0.192. The molecule has 100 valence electrons. The highest BCUT2D eigenvalue weighted by Gasteiger charge is 2.25. The van der Waals surface area contributed by atoms with Crippen LogP contribution in [0.5, 0.6) is 0 Å². The van der Waals surface area contributed by atoms with E-state index in [0.29, 0.717) is 17.1 Å². The van der Waals surface area contributed by atoms with Gasteiger partial charge in [-0.25, -0.2) is 4.39 Å². The van der Waals surface area contributed by atoms with Gasteiger partial charge in [0.15, 0.2) is 0 Å². The zero-order chi connectivity index (χ0) is 13.1. The lowest BCUT2D eigenvalue weighted by Crippen LogP contribution is -2.45. The highest BCUT2D eigenvalue weighted by molar-refractivity contribution is 9.10. The standard InChI is InChI=1S/C14H20BrFN2/c1-10-5-6-18(12(7-10)8-17)9-11-3-2-4-13(16)14(11)15/h2-4,10,12H,5-9,17H2,1H3. The SMILES string of the molecule is CC1CCN(Cc2cccc(F)c2Br)C(CN)C1. The number of piperidine rings is 1. The van der Waals surface area contributed by atoms with Gasteiger partial charge >= 0.3 is 0 Å². The van der Waals surface area contributed by atoms with Crippen molar-refractivity contribution in [2.75, 3.05) is 13.1 Å². The van der Waals surface area contributed by atoms with Crippen molar-refractivity contribution in [3.8, 4) is 0 Å². The zero-order valence-corrected chi connectivity index (χ0v) is 12.3. The summed E-state index contributed by atoms with van der Waals surface area (Å²) in [6.07, 6.45) is 2.34. The molecular weight excluding hydrogens is 295 g/mol. The molecule has 1 fully saturated rings. The first kappa shape index (κ1) is 14.0. The Balaban J connectivity index is 2.10. The quantitative estimate of drug-likeness (QED) is 0.928. The van der Waals surface area contributed by atoms with E-state index >= 15 is 0 Å². The van der Waals surface area contributed by atoms with E-state index in [2.05, 4.69) is 27.8 Å². The van der Waals surface area contributed by atoms with E-state index in [-0.39, 0.29) is 5.82 Å². The molecule has 1 aromatic carbocycles. The molecule has 0 amide bonds. The van der Waals surface area contributed by atoms with Gasteiger partial charge in [0.25, 0.3) is 0 Å². The predicted octanol–water partition coefficient (Wildman–Crippen LogP) is 3.15. The van der Waals surface area contributed by atoms with Crippen molar-refractivity contribution in [1.82, 2.24) is 4.90 Å². The van der Waals surface area contributed by atoms with Gasteiger partial charge in [-0.3, -0.25) is 4.90 Å². The van der Waals surface area contributed by atoms with Gasteiger partial charge in [0.2, 0.25) is 0 Å². The molecule has 2 atom stereocenters. The summed E-state index contributed by atoms with van der Waals surface area (Å²) < 4.78 is 14.1. The molecule has 18 heavy (non-hydrogen) atoms. The molecular formula is C14H20BrFN2. The number of rotatable bonds is 3. The number of likely N-dealkylation sites (tertiary alicyclic amines) is 1. The maximum absolute atomic E-state index is 13.5. The van der Waals surface area contributed by atoms with Crippen LogP contribution in [0.3, 0.4) is 0 Å². The second kappa shape index (κ2) is 6.13. The molecule has 1 saturated heterocycles. The number of benzene rings is 1. The van der Waals surface area contributed by atoms with Gasteiger partial charge in [-0.15, -0.1) is 0 Å². The lowest BCUT2D eigenvalue weighted by Gasteiger charge is -2.38. The summed E-state index contributed by atoms with van der Waals surface area (Å²) in [4.78, 5) is 2.37. The molecule has 0 bridgehead atoms. The summed E-state index contributed by atoms with van der Waals surface area (Å²) in [6, 6.07) is 5.63. The van der Waals surface area contributed by atoms with E-state index in [1.807, 2.05) is 6.07 Å². The monoisotopic (exact) mass is 314 g/mol. The molecule has 1 aromatic rings. The van der Waals surface area contributed by atoms with Gasteiger partial charge < -0.3 is 5.73 Å². The average molecular weight is 315 g/mol. The van der Waals surface area contributed by atoms with Crippen molar-refractivity contribution in [2.24, 2.45) is 11.7 Å². The second-order valence-corrected chi connectivity index (χ2v) is 6.00. The van der Waals surface area contributed by atoms with Gasteiger partial charge in [-0.1, -0.05) is 19.1 Å². The summed E-state index contributed by atoms with van der Waals surface area (Å²) in [7, 11) is 0.